The number of nitrogens with zero attached hydrogens (tertiary/aromatic N) is 2. The highest BCUT2D eigenvalue weighted by molar-refractivity contribution is 5.55. The van der Waals surface area contributed by atoms with Gasteiger partial charge in [-0.1, -0.05) is 29.8 Å². The normalized spacial score (nSPS) is 17.5. The van der Waals surface area contributed by atoms with Gasteiger partial charge in [0.05, 0.1) is 7.11 Å². The quantitative estimate of drug-likeness (QED) is 0.824. The molecule has 1 saturated heterocycles. The molecule has 2 aliphatic heterocycles. The molecule has 2 heterocycles. The molecular weight excluding hydrogens is 328 g/mol. The Morgan fingerprint density at radius 1 is 0.885 bits per heavy atom. The number of piperazine rings is 1. The van der Waals surface area contributed by atoms with Crippen LogP contribution in [0, 0.1) is 6.92 Å². The molecule has 26 heavy (non-hydrogen) atoms. The van der Waals surface area contributed by atoms with Gasteiger partial charge >= 0.3 is 0 Å². The Labute approximate surface area is 155 Å². The predicted molar refractivity (Wildman–Crippen MR) is 101 cm³/mol. The van der Waals surface area contributed by atoms with E-state index >= 15 is 0 Å². The zero-order chi connectivity index (χ0) is 17.9. The molecule has 0 unspecified atom stereocenters. The Morgan fingerprint density at radius 2 is 1.54 bits per heavy atom. The molecule has 2 aliphatic rings. The first-order chi connectivity index (χ1) is 12.7. The van der Waals surface area contributed by atoms with Crippen LogP contribution in [-0.2, 0) is 13.1 Å². The van der Waals surface area contributed by atoms with Gasteiger partial charge in [-0.25, -0.2) is 0 Å². The van der Waals surface area contributed by atoms with Crippen molar-refractivity contribution in [3.8, 4) is 17.2 Å². The Morgan fingerprint density at radius 3 is 2.19 bits per heavy atom. The summed E-state index contributed by atoms with van der Waals surface area (Å²) in [5.41, 5.74) is 3.92. The van der Waals surface area contributed by atoms with Gasteiger partial charge < -0.3 is 14.2 Å². The molecule has 2 aromatic carbocycles. The third kappa shape index (κ3) is 3.79. The van der Waals surface area contributed by atoms with Crippen molar-refractivity contribution in [1.82, 2.24) is 9.80 Å². The van der Waals surface area contributed by atoms with E-state index in [9.17, 15) is 0 Å². The zero-order valence-corrected chi connectivity index (χ0v) is 15.5. The first-order valence-corrected chi connectivity index (χ1v) is 9.18. The fourth-order valence-corrected chi connectivity index (χ4v) is 3.59. The van der Waals surface area contributed by atoms with Crippen molar-refractivity contribution >= 4 is 0 Å². The minimum absolute atomic E-state index is 0.271. The van der Waals surface area contributed by atoms with E-state index in [1.54, 1.807) is 7.11 Å². The molecule has 0 atom stereocenters. The van der Waals surface area contributed by atoms with Crippen LogP contribution in [0.2, 0.25) is 0 Å². The average Bonchev–Trinajstić information content (AvgIpc) is 3.13. The summed E-state index contributed by atoms with van der Waals surface area (Å²) < 4.78 is 16.5. The van der Waals surface area contributed by atoms with E-state index in [-0.39, 0.29) is 6.79 Å². The minimum Gasteiger partial charge on any atom is -0.493 e. The van der Waals surface area contributed by atoms with Crippen LogP contribution in [0.1, 0.15) is 16.7 Å². The number of rotatable bonds is 5. The minimum atomic E-state index is 0.271. The summed E-state index contributed by atoms with van der Waals surface area (Å²) in [6, 6.07) is 13.0. The average molecular weight is 354 g/mol. The summed E-state index contributed by atoms with van der Waals surface area (Å²) in [5.74, 6) is 2.27. The van der Waals surface area contributed by atoms with Crippen molar-refractivity contribution < 1.29 is 14.2 Å². The summed E-state index contributed by atoms with van der Waals surface area (Å²) in [6.07, 6.45) is 0. The Bertz CT molecular complexity index is 753. The molecular formula is C21H26N2O3. The number of hydrogen-bond donors (Lipinski definition) is 0. The van der Waals surface area contributed by atoms with Crippen LogP contribution in [0.15, 0.2) is 36.4 Å². The van der Waals surface area contributed by atoms with Crippen LogP contribution in [0.4, 0.5) is 0 Å². The van der Waals surface area contributed by atoms with Crippen LogP contribution >= 0.6 is 0 Å². The van der Waals surface area contributed by atoms with Crippen molar-refractivity contribution in [2.24, 2.45) is 0 Å². The van der Waals surface area contributed by atoms with E-state index in [0.29, 0.717) is 0 Å². The molecule has 0 aliphatic carbocycles. The topological polar surface area (TPSA) is 34.2 Å². The van der Waals surface area contributed by atoms with Crippen molar-refractivity contribution in [1.29, 1.82) is 0 Å². The number of hydrogen-bond acceptors (Lipinski definition) is 5. The summed E-state index contributed by atoms with van der Waals surface area (Å²) in [4.78, 5) is 5.02. The standard InChI is InChI=1S/C21H26N2O3/c1-16-3-5-17(6-4-16)13-22-7-9-23(10-8-22)14-18-11-19(24-2)21-20(12-18)25-15-26-21/h3-6,11-12H,7-10,13-15H2,1-2H3. The number of ether oxygens (including phenoxy) is 3. The second-order valence-electron chi connectivity index (χ2n) is 7.07. The molecule has 0 spiro atoms. The smallest absolute Gasteiger partial charge is 0.231 e. The lowest BCUT2D eigenvalue weighted by atomic mass is 10.1. The van der Waals surface area contributed by atoms with Crippen LogP contribution in [0.3, 0.4) is 0 Å². The van der Waals surface area contributed by atoms with Crippen molar-refractivity contribution in [3.05, 3.63) is 53.1 Å². The second kappa shape index (κ2) is 7.56. The molecule has 5 heteroatoms. The van der Waals surface area contributed by atoms with Crippen LogP contribution in [-0.4, -0.2) is 49.9 Å². The molecule has 0 aromatic heterocycles. The highest BCUT2D eigenvalue weighted by atomic mass is 16.7. The lowest BCUT2D eigenvalue weighted by Gasteiger charge is -2.34. The van der Waals surface area contributed by atoms with Gasteiger partial charge in [0, 0.05) is 39.3 Å². The Kier molecular flexibility index (Phi) is 5.00. The second-order valence-corrected chi connectivity index (χ2v) is 7.07. The molecule has 2 aromatic rings. The molecule has 4 rings (SSSR count). The monoisotopic (exact) mass is 354 g/mol. The molecule has 0 bridgehead atoms. The van der Waals surface area contributed by atoms with E-state index in [0.717, 1.165) is 56.5 Å². The van der Waals surface area contributed by atoms with E-state index in [4.69, 9.17) is 14.2 Å². The van der Waals surface area contributed by atoms with E-state index in [2.05, 4.69) is 53.1 Å². The summed E-state index contributed by atoms with van der Waals surface area (Å²) in [6.45, 7) is 8.67. The van der Waals surface area contributed by atoms with E-state index in [1.165, 1.54) is 16.7 Å². The van der Waals surface area contributed by atoms with Gasteiger partial charge in [0.2, 0.25) is 12.5 Å². The molecule has 0 saturated carbocycles. The maximum absolute atomic E-state index is 5.53. The summed E-state index contributed by atoms with van der Waals surface area (Å²) >= 11 is 0. The third-order valence-electron chi connectivity index (χ3n) is 5.12. The lowest BCUT2D eigenvalue weighted by Crippen LogP contribution is -2.45. The summed E-state index contributed by atoms with van der Waals surface area (Å²) in [5, 5.41) is 0. The first-order valence-electron chi connectivity index (χ1n) is 9.18. The van der Waals surface area contributed by atoms with Crippen molar-refractivity contribution in [2.75, 3.05) is 40.1 Å². The fraction of sp³-hybridized carbons (Fsp3) is 0.429. The van der Waals surface area contributed by atoms with Crippen LogP contribution in [0.25, 0.3) is 0 Å². The lowest BCUT2D eigenvalue weighted by molar-refractivity contribution is 0.122. The van der Waals surface area contributed by atoms with Gasteiger partial charge in [-0.15, -0.1) is 0 Å². The molecule has 5 nitrogen and oxygen atoms in total. The molecule has 138 valence electrons. The van der Waals surface area contributed by atoms with Gasteiger partial charge in [0.25, 0.3) is 0 Å². The molecule has 0 radical (unpaired) electrons. The van der Waals surface area contributed by atoms with Gasteiger partial charge in [0.15, 0.2) is 11.5 Å². The van der Waals surface area contributed by atoms with E-state index < -0.39 is 0 Å². The number of fused-ring (bicyclic) bond motifs is 1. The number of methoxy groups -OCH3 is 1. The van der Waals surface area contributed by atoms with Crippen LogP contribution < -0.4 is 14.2 Å². The predicted octanol–water partition coefficient (Wildman–Crippen LogP) is 3.05. The molecule has 0 amide bonds. The summed E-state index contributed by atoms with van der Waals surface area (Å²) in [7, 11) is 1.67. The maximum Gasteiger partial charge on any atom is 0.231 e. The third-order valence-corrected chi connectivity index (χ3v) is 5.12. The number of aryl methyl sites for hydroxylation is 1. The number of benzene rings is 2. The molecule has 1 fully saturated rings. The Hall–Kier alpha value is -2.24. The highest BCUT2D eigenvalue weighted by Crippen LogP contribution is 2.42. The Balaban J connectivity index is 1.33. The van der Waals surface area contributed by atoms with Gasteiger partial charge in [-0.3, -0.25) is 9.80 Å². The first kappa shape index (κ1) is 17.2. The molecule has 0 N–H and O–H groups in total. The van der Waals surface area contributed by atoms with E-state index in [1.807, 2.05) is 0 Å². The van der Waals surface area contributed by atoms with Gasteiger partial charge in [-0.2, -0.15) is 0 Å². The SMILES string of the molecule is COc1cc(CN2CCN(Cc3ccc(C)cc3)CC2)cc2c1OCO2. The maximum atomic E-state index is 5.53. The zero-order valence-electron chi connectivity index (χ0n) is 15.5. The van der Waals surface area contributed by atoms with Gasteiger partial charge in [-0.05, 0) is 30.2 Å². The fourth-order valence-electron chi connectivity index (χ4n) is 3.59. The van der Waals surface area contributed by atoms with Crippen molar-refractivity contribution in [3.63, 3.8) is 0 Å². The van der Waals surface area contributed by atoms with Gasteiger partial charge in [0.1, 0.15) is 0 Å². The van der Waals surface area contributed by atoms with Crippen LogP contribution in [0.5, 0.6) is 17.2 Å². The van der Waals surface area contributed by atoms with Crippen molar-refractivity contribution in [2.45, 2.75) is 20.0 Å². The largest absolute Gasteiger partial charge is 0.493 e. The highest BCUT2D eigenvalue weighted by Gasteiger charge is 2.22.